The number of carbonyl (C=O) groups is 1. The third-order valence-electron chi connectivity index (χ3n) is 2.53. The molecule has 82 valence electrons. The number of piperidine rings is 1. The zero-order valence-corrected chi connectivity index (χ0v) is 8.73. The normalized spacial score (nSPS) is 21.7. The molecule has 15 heavy (non-hydrogen) atoms. The van der Waals surface area contributed by atoms with Gasteiger partial charge in [-0.15, -0.1) is 5.10 Å². The minimum absolute atomic E-state index is 0.0859. The molecule has 1 aromatic rings. The first-order chi connectivity index (χ1) is 7.16. The Bertz CT molecular complexity index is 361. The molecule has 6 heteroatoms. The summed E-state index contributed by atoms with van der Waals surface area (Å²) in [4.78, 5) is 17.6. The van der Waals surface area contributed by atoms with Gasteiger partial charge in [-0.05, 0) is 19.8 Å². The van der Waals surface area contributed by atoms with Gasteiger partial charge in [0.2, 0.25) is 5.82 Å². The van der Waals surface area contributed by atoms with Crippen LogP contribution in [0.3, 0.4) is 0 Å². The van der Waals surface area contributed by atoms with Crippen molar-refractivity contribution in [2.24, 2.45) is 5.73 Å². The highest BCUT2D eigenvalue weighted by Gasteiger charge is 2.24. The van der Waals surface area contributed by atoms with Gasteiger partial charge in [0.05, 0.1) is 0 Å². The highest BCUT2D eigenvalue weighted by atomic mass is 16.2. The van der Waals surface area contributed by atoms with Crippen molar-refractivity contribution in [3.05, 3.63) is 11.6 Å². The number of likely N-dealkylation sites (tertiary alicyclic amines) is 1. The Kier molecular flexibility index (Phi) is 2.68. The van der Waals surface area contributed by atoms with Gasteiger partial charge < -0.3 is 10.6 Å². The monoisotopic (exact) mass is 209 g/mol. The highest BCUT2D eigenvalue weighted by Crippen LogP contribution is 2.10. The number of nitrogens with two attached hydrogens (primary N) is 1. The van der Waals surface area contributed by atoms with Crippen LogP contribution >= 0.6 is 0 Å². The van der Waals surface area contributed by atoms with E-state index >= 15 is 0 Å². The maximum atomic E-state index is 11.9. The third-order valence-corrected chi connectivity index (χ3v) is 2.53. The van der Waals surface area contributed by atoms with Crippen LogP contribution in [0.4, 0.5) is 0 Å². The number of hydrogen-bond acceptors (Lipinski definition) is 4. The van der Waals surface area contributed by atoms with E-state index in [4.69, 9.17) is 5.73 Å². The van der Waals surface area contributed by atoms with Crippen molar-refractivity contribution in [3.63, 3.8) is 0 Å². The molecule has 6 nitrogen and oxygen atoms in total. The maximum absolute atomic E-state index is 11.9. The number of nitrogens with one attached hydrogen (secondary N) is 1. The van der Waals surface area contributed by atoms with Gasteiger partial charge >= 0.3 is 0 Å². The molecule has 0 radical (unpaired) electrons. The van der Waals surface area contributed by atoms with Gasteiger partial charge in [0.1, 0.15) is 5.82 Å². The van der Waals surface area contributed by atoms with Crippen LogP contribution in [0.15, 0.2) is 0 Å². The molecule has 0 spiro atoms. The molecule has 1 atom stereocenters. The van der Waals surface area contributed by atoms with Crippen LogP contribution in [0.1, 0.15) is 29.3 Å². The molecule has 0 saturated carbocycles. The number of rotatable bonds is 1. The van der Waals surface area contributed by atoms with Crippen molar-refractivity contribution in [1.29, 1.82) is 0 Å². The number of H-pyrrole nitrogens is 1. The van der Waals surface area contributed by atoms with Gasteiger partial charge in [0, 0.05) is 19.1 Å². The Morgan fingerprint density at radius 2 is 2.47 bits per heavy atom. The van der Waals surface area contributed by atoms with Crippen molar-refractivity contribution in [3.8, 4) is 0 Å². The lowest BCUT2D eigenvalue weighted by Crippen LogP contribution is -2.46. The number of aryl methyl sites for hydroxylation is 1. The summed E-state index contributed by atoms with van der Waals surface area (Å²) in [6.45, 7) is 3.12. The van der Waals surface area contributed by atoms with Crippen LogP contribution < -0.4 is 5.73 Å². The molecule has 0 bridgehead atoms. The van der Waals surface area contributed by atoms with E-state index in [2.05, 4.69) is 15.2 Å². The minimum Gasteiger partial charge on any atom is -0.334 e. The Balaban J connectivity index is 2.07. The molecule has 2 rings (SSSR count). The van der Waals surface area contributed by atoms with E-state index in [1.54, 1.807) is 11.8 Å². The van der Waals surface area contributed by atoms with Gasteiger partial charge in [-0.25, -0.2) is 4.98 Å². The predicted octanol–water partition coefficient (Wildman–Crippen LogP) is -0.324. The second-order valence-electron chi connectivity index (χ2n) is 3.90. The van der Waals surface area contributed by atoms with Crippen molar-refractivity contribution < 1.29 is 4.79 Å². The number of nitrogens with zero attached hydrogens (tertiary/aromatic N) is 3. The smallest absolute Gasteiger partial charge is 0.293 e. The van der Waals surface area contributed by atoms with Crippen LogP contribution in [-0.4, -0.2) is 45.1 Å². The van der Waals surface area contributed by atoms with Gasteiger partial charge in [0.25, 0.3) is 5.91 Å². The van der Waals surface area contributed by atoms with Crippen molar-refractivity contribution in [2.75, 3.05) is 13.1 Å². The Labute approximate surface area is 87.9 Å². The Hall–Kier alpha value is -1.43. The molecular formula is C9H15N5O. The standard InChI is InChI=1S/C9H15N5O/c1-6-11-8(13-12-6)9(15)14-4-2-3-7(10)5-14/h7H,2-5,10H2,1H3,(H,11,12,13)/t7-/m1/s1. The van der Waals surface area contributed by atoms with Crippen LogP contribution in [-0.2, 0) is 0 Å². The van der Waals surface area contributed by atoms with Crippen LogP contribution in [0, 0.1) is 6.92 Å². The summed E-state index contributed by atoms with van der Waals surface area (Å²) in [5.74, 6) is 0.760. The minimum atomic E-state index is -0.130. The largest absolute Gasteiger partial charge is 0.334 e. The fourth-order valence-corrected chi connectivity index (χ4v) is 1.77. The van der Waals surface area contributed by atoms with Crippen molar-refractivity contribution in [1.82, 2.24) is 20.1 Å². The summed E-state index contributed by atoms with van der Waals surface area (Å²) >= 11 is 0. The Morgan fingerprint density at radius 1 is 1.67 bits per heavy atom. The van der Waals surface area contributed by atoms with E-state index in [1.165, 1.54) is 0 Å². The molecule has 0 aliphatic carbocycles. The average Bonchev–Trinajstić information content (AvgIpc) is 2.64. The van der Waals surface area contributed by atoms with Crippen LogP contribution in [0.25, 0.3) is 0 Å². The predicted molar refractivity (Wildman–Crippen MR) is 54.2 cm³/mol. The molecular weight excluding hydrogens is 194 g/mol. The lowest BCUT2D eigenvalue weighted by atomic mass is 10.1. The first-order valence-electron chi connectivity index (χ1n) is 5.10. The fourth-order valence-electron chi connectivity index (χ4n) is 1.77. The fraction of sp³-hybridized carbons (Fsp3) is 0.667. The second-order valence-corrected chi connectivity index (χ2v) is 3.90. The number of carbonyl (C=O) groups excluding carboxylic acids is 1. The quantitative estimate of drug-likeness (QED) is 0.663. The lowest BCUT2D eigenvalue weighted by molar-refractivity contribution is 0.0697. The second kappa shape index (κ2) is 3.98. The highest BCUT2D eigenvalue weighted by molar-refractivity contribution is 5.90. The zero-order chi connectivity index (χ0) is 10.8. The molecule has 0 unspecified atom stereocenters. The zero-order valence-electron chi connectivity index (χ0n) is 8.73. The molecule has 1 aliphatic rings. The molecule has 1 amide bonds. The first kappa shape index (κ1) is 10.1. The van der Waals surface area contributed by atoms with E-state index in [9.17, 15) is 4.79 Å². The van der Waals surface area contributed by atoms with Gasteiger partial charge in [-0.1, -0.05) is 0 Å². The first-order valence-corrected chi connectivity index (χ1v) is 5.10. The van der Waals surface area contributed by atoms with Gasteiger partial charge in [-0.3, -0.25) is 9.89 Å². The maximum Gasteiger partial charge on any atom is 0.293 e. The molecule has 1 aliphatic heterocycles. The molecule has 2 heterocycles. The van der Waals surface area contributed by atoms with E-state index in [1.807, 2.05) is 0 Å². The summed E-state index contributed by atoms with van der Waals surface area (Å²) in [6, 6.07) is 0.0859. The average molecular weight is 209 g/mol. The van der Waals surface area contributed by atoms with Crippen molar-refractivity contribution in [2.45, 2.75) is 25.8 Å². The summed E-state index contributed by atoms with van der Waals surface area (Å²) in [5.41, 5.74) is 5.80. The number of aromatic nitrogens is 3. The number of amides is 1. The summed E-state index contributed by atoms with van der Waals surface area (Å²) in [7, 11) is 0. The van der Waals surface area contributed by atoms with E-state index in [0.717, 1.165) is 19.4 Å². The third kappa shape index (κ3) is 2.15. The summed E-state index contributed by atoms with van der Waals surface area (Å²) in [5, 5.41) is 6.51. The topological polar surface area (TPSA) is 87.9 Å². The van der Waals surface area contributed by atoms with Crippen LogP contribution in [0.5, 0.6) is 0 Å². The molecule has 0 aromatic carbocycles. The SMILES string of the molecule is Cc1nc(C(=O)N2CCC[C@@H](N)C2)n[nH]1. The molecule has 1 fully saturated rings. The van der Waals surface area contributed by atoms with Gasteiger partial charge in [-0.2, -0.15) is 0 Å². The lowest BCUT2D eigenvalue weighted by Gasteiger charge is -2.29. The van der Waals surface area contributed by atoms with Crippen molar-refractivity contribution >= 4 is 5.91 Å². The van der Waals surface area contributed by atoms with E-state index in [0.29, 0.717) is 12.4 Å². The molecule has 1 saturated heterocycles. The van der Waals surface area contributed by atoms with Crippen LogP contribution in [0.2, 0.25) is 0 Å². The summed E-state index contributed by atoms with van der Waals surface area (Å²) < 4.78 is 0. The molecule has 3 N–H and O–H groups in total. The molecule has 1 aromatic heterocycles. The summed E-state index contributed by atoms with van der Waals surface area (Å²) in [6.07, 6.45) is 1.94. The number of hydrogen-bond donors (Lipinski definition) is 2. The van der Waals surface area contributed by atoms with E-state index in [-0.39, 0.29) is 17.8 Å². The van der Waals surface area contributed by atoms with E-state index < -0.39 is 0 Å². The van der Waals surface area contributed by atoms with Gasteiger partial charge in [0.15, 0.2) is 0 Å². The Morgan fingerprint density at radius 3 is 3.07 bits per heavy atom. The number of aromatic amines is 1.